The summed E-state index contributed by atoms with van der Waals surface area (Å²) in [6.07, 6.45) is 1.56. The van der Waals surface area contributed by atoms with Gasteiger partial charge >= 0.3 is 5.97 Å². The minimum absolute atomic E-state index is 0.0291. The van der Waals surface area contributed by atoms with Gasteiger partial charge in [-0.15, -0.1) is 0 Å². The summed E-state index contributed by atoms with van der Waals surface area (Å²) in [7, 11) is 1.54. The Morgan fingerprint density at radius 2 is 2.54 bits per heavy atom. The van der Waals surface area contributed by atoms with Crippen LogP contribution in [0.2, 0.25) is 0 Å². The molecule has 0 saturated carbocycles. The molecule has 0 aliphatic carbocycles. The second-order valence-electron chi connectivity index (χ2n) is 2.77. The molecule has 0 spiro atoms. The monoisotopic (exact) mass is 184 g/mol. The fourth-order valence-corrected chi connectivity index (χ4v) is 1.18. The summed E-state index contributed by atoms with van der Waals surface area (Å²) in [5.41, 5.74) is 0. The van der Waals surface area contributed by atoms with Crippen LogP contribution in [0.4, 0.5) is 0 Å². The van der Waals surface area contributed by atoms with Gasteiger partial charge in [-0.1, -0.05) is 0 Å². The van der Waals surface area contributed by atoms with E-state index in [0.717, 1.165) is 0 Å². The van der Waals surface area contributed by atoms with E-state index in [1.807, 2.05) is 0 Å². The predicted molar refractivity (Wildman–Crippen MR) is 45.6 cm³/mol. The van der Waals surface area contributed by atoms with Crippen molar-refractivity contribution in [3.8, 4) is 0 Å². The fraction of sp³-hybridized carbons (Fsp3) is 0.444. The standard InChI is InChI=1S/C9H12O4/c1-12-6-7(5-9(10)11)8-3-2-4-13-8/h2-4,7H,5-6H2,1H3,(H,10,11). The summed E-state index contributed by atoms with van der Waals surface area (Å²) >= 11 is 0. The maximum atomic E-state index is 10.5. The quantitative estimate of drug-likeness (QED) is 0.753. The Morgan fingerprint density at radius 1 is 1.77 bits per heavy atom. The van der Waals surface area contributed by atoms with Crippen LogP contribution >= 0.6 is 0 Å². The Labute approximate surface area is 76.1 Å². The minimum atomic E-state index is -0.849. The summed E-state index contributed by atoms with van der Waals surface area (Å²) in [4.78, 5) is 10.5. The molecule has 1 N–H and O–H groups in total. The summed E-state index contributed by atoms with van der Waals surface area (Å²) in [5, 5.41) is 8.61. The molecule has 1 atom stereocenters. The molecular weight excluding hydrogens is 172 g/mol. The van der Waals surface area contributed by atoms with Gasteiger partial charge in [0.15, 0.2) is 0 Å². The Hall–Kier alpha value is -1.29. The van der Waals surface area contributed by atoms with E-state index in [2.05, 4.69) is 0 Å². The summed E-state index contributed by atoms with van der Waals surface area (Å²) in [5.74, 6) is -0.389. The van der Waals surface area contributed by atoms with Crippen LogP contribution in [0.5, 0.6) is 0 Å². The molecule has 0 radical (unpaired) electrons. The molecule has 0 aliphatic rings. The molecule has 72 valence electrons. The number of rotatable bonds is 5. The van der Waals surface area contributed by atoms with Gasteiger partial charge in [-0.25, -0.2) is 0 Å². The molecule has 13 heavy (non-hydrogen) atoms. The van der Waals surface area contributed by atoms with E-state index in [-0.39, 0.29) is 12.3 Å². The van der Waals surface area contributed by atoms with Crippen LogP contribution in [0.1, 0.15) is 18.1 Å². The van der Waals surface area contributed by atoms with E-state index < -0.39 is 5.97 Å². The van der Waals surface area contributed by atoms with Crippen molar-refractivity contribution in [3.05, 3.63) is 24.2 Å². The first-order valence-electron chi connectivity index (χ1n) is 3.98. The Bertz CT molecular complexity index is 253. The molecule has 1 rings (SSSR count). The summed E-state index contributed by atoms with van der Waals surface area (Å²) < 4.78 is 10.0. The number of aliphatic carboxylic acids is 1. The first kappa shape index (κ1) is 9.80. The maximum absolute atomic E-state index is 10.5. The molecule has 0 saturated heterocycles. The van der Waals surface area contributed by atoms with Gasteiger partial charge < -0.3 is 14.3 Å². The zero-order valence-corrected chi connectivity index (χ0v) is 7.40. The average molecular weight is 184 g/mol. The van der Waals surface area contributed by atoms with Crippen LogP contribution in [-0.2, 0) is 9.53 Å². The molecule has 0 fully saturated rings. The van der Waals surface area contributed by atoms with Crippen molar-refractivity contribution in [3.63, 3.8) is 0 Å². The lowest BCUT2D eigenvalue weighted by Gasteiger charge is -2.09. The molecule has 0 bridgehead atoms. The van der Waals surface area contributed by atoms with Gasteiger partial charge in [-0.05, 0) is 12.1 Å². The van der Waals surface area contributed by atoms with Gasteiger partial charge in [0, 0.05) is 7.11 Å². The highest BCUT2D eigenvalue weighted by Crippen LogP contribution is 2.20. The first-order chi connectivity index (χ1) is 6.24. The van der Waals surface area contributed by atoms with Crippen LogP contribution in [-0.4, -0.2) is 24.8 Å². The molecule has 4 nitrogen and oxygen atoms in total. The Balaban J connectivity index is 2.62. The van der Waals surface area contributed by atoms with Gasteiger partial charge in [-0.2, -0.15) is 0 Å². The lowest BCUT2D eigenvalue weighted by Crippen LogP contribution is -2.10. The third-order valence-corrected chi connectivity index (χ3v) is 1.73. The van der Waals surface area contributed by atoms with Gasteiger partial charge in [0.2, 0.25) is 0 Å². The zero-order valence-electron chi connectivity index (χ0n) is 7.40. The number of methoxy groups -OCH3 is 1. The Kier molecular flexibility index (Phi) is 3.52. The highest BCUT2D eigenvalue weighted by Gasteiger charge is 2.17. The number of hydrogen-bond donors (Lipinski definition) is 1. The summed E-state index contributed by atoms with van der Waals surface area (Å²) in [6.45, 7) is 0.361. The van der Waals surface area contributed by atoms with Crippen molar-refractivity contribution in [2.24, 2.45) is 0 Å². The van der Waals surface area contributed by atoms with Crippen LogP contribution < -0.4 is 0 Å². The topological polar surface area (TPSA) is 59.7 Å². The average Bonchev–Trinajstić information content (AvgIpc) is 2.54. The van der Waals surface area contributed by atoms with Crippen molar-refractivity contribution < 1.29 is 19.1 Å². The van der Waals surface area contributed by atoms with E-state index in [0.29, 0.717) is 12.4 Å². The van der Waals surface area contributed by atoms with Crippen LogP contribution in [0.3, 0.4) is 0 Å². The molecule has 0 aromatic carbocycles. The molecule has 0 amide bonds. The van der Waals surface area contributed by atoms with E-state index in [4.69, 9.17) is 14.3 Å². The van der Waals surface area contributed by atoms with Crippen molar-refractivity contribution in [1.29, 1.82) is 0 Å². The third-order valence-electron chi connectivity index (χ3n) is 1.73. The lowest BCUT2D eigenvalue weighted by molar-refractivity contribution is -0.137. The number of carboxylic acids is 1. The number of ether oxygens (including phenoxy) is 1. The molecule has 1 heterocycles. The van der Waals surface area contributed by atoms with Gasteiger partial charge in [-0.3, -0.25) is 4.79 Å². The second kappa shape index (κ2) is 4.67. The molecule has 1 aromatic rings. The molecule has 1 aromatic heterocycles. The molecule has 0 aliphatic heterocycles. The number of hydrogen-bond acceptors (Lipinski definition) is 3. The van der Waals surface area contributed by atoms with Crippen LogP contribution in [0.25, 0.3) is 0 Å². The molecule has 1 unspecified atom stereocenters. The Morgan fingerprint density at radius 3 is 3.00 bits per heavy atom. The summed E-state index contributed by atoms with van der Waals surface area (Å²) in [6, 6.07) is 3.49. The van der Waals surface area contributed by atoms with Gasteiger partial charge in [0.1, 0.15) is 5.76 Å². The fourth-order valence-electron chi connectivity index (χ4n) is 1.18. The van der Waals surface area contributed by atoms with Crippen LogP contribution in [0.15, 0.2) is 22.8 Å². The minimum Gasteiger partial charge on any atom is -0.481 e. The van der Waals surface area contributed by atoms with Gasteiger partial charge in [0.05, 0.1) is 25.2 Å². The van der Waals surface area contributed by atoms with Crippen molar-refractivity contribution >= 4 is 5.97 Å². The SMILES string of the molecule is COCC(CC(=O)O)c1ccco1. The second-order valence-corrected chi connectivity index (χ2v) is 2.77. The maximum Gasteiger partial charge on any atom is 0.304 e. The van der Waals surface area contributed by atoms with E-state index in [1.165, 1.54) is 13.4 Å². The van der Waals surface area contributed by atoms with Gasteiger partial charge in [0.25, 0.3) is 0 Å². The van der Waals surface area contributed by atoms with E-state index >= 15 is 0 Å². The normalized spacial score (nSPS) is 12.7. The molecule has 4 heteroatoms. The number of carbonyl (C=O) groups is 1. The number of furan rings is 1. The van der Waals surface area contributed by atoms with Crippen molar-refractivity contribution in [2.75, 3.05) is 13.7 Å². The largest absolute Gasteiger partial charge is 0.481 e. The predicted octanol–water partition coefficient (Wildman–Crippen LogP) is 1.48. The smallest absolute Gasteiger partial charge is 0.304 e. The zero-order chi connectivity index (χ0) is 9.68. The van der Waals surface area contributed by atoms with E-state index in [9.17, 15) is 4.79 Å². The van der Waals surface area contributed by atoms with Crippen LogP contribution in [0, 0.1) is 0 Å². The first-order valence-corrected chi connectivity index (χ1v) is 3.98. The highest BCUT2D eigenvalue weighted by molar-refractivity contribution is 5.67. The van der Waals surface area contributed by atoms with E-state index in [1.54, 1.807) is 12.1 Å². The highest BCUT2D eigenvalue weighted by atomic mass is 16.5. The lowest BCUT2D eigenvalue weighted by atomic mass is 10.0. The van der Waals surface area contributed by atoms with Crippen molar-refractivity contribution in [1.82, 2.24) is 0 Å². The van der Waals surface area contributed by atoms with Crippen molar-refractivity contribution in [2.45, 2.75) is 12.3 Å². The third kappa shape index (κ3) is 2.91. The molecular formula is C9H12O4. The number of carboxylic acid groups (broad SMARTS) is 1.